The van der Waals surface area contributed by atoms with Gasteiger partial charge in [-0.3, -0.25) is 4.79 Å². The second-order valence-electron chi connectivity index (χ2n) is 2.11. The van der Waals surface area contributed by atoms with E-state index >= 15 is 0 Å². The summed E-state index contributed by atoms with van der Waals surface area (Å²) in [5.41, 5.74) is 0. The number of nitrogens with one attached hydrogen (secondary N) is 1. The molecule has 0 aromatic rings. The Balaban J connectivity index is 4.09. The van der Waals surface area contributed by atoms with Crippen LogP contribution in [0.25, 0.3) is 0 Å². The highest BCUT2D eigenvalue weighted by Crippen LogP contribution is 1.93. The molecule has 0 saturated heterocycles. The summed E-state index contributed by atoms with van der Waals surface area (Å²) in [7, 11) is 2.83. The van der Waals surface area contributed by atoms with E-state index in [-0.39, 0.29) is 0 Å². The molecule has 0 bridgehead atoms. The lowest BCUT2D eigenvalue weighted by molar-refractivity contribution is -0.152. The first-order chi connectivity index (χ1) is 5.17. The van der Waals surface area contributed by atoms with Crippen LogP contribution in [0.3, 0.4) is 0 Å². The minimum absolute atomic E-state index is 0.414. The lowest BCUT2D eigenvalue weighted by Crippen LogP contribution is -2.38. The van der Waals surface area contributed by atoms with E-state index in [0.29, 0.717) is 6.42 Å². The first-order valence-corrected chi connectivity index (χ1v) is 3.46. The Kier molecular flexibility index (Phi) is 4.45. The molecular weight excluding hydrogens is 146 g/mol. The maximum Gasteiger partial charge on any atom is 0.376 e. The molecule has 0 rings (SSSR count). The van der Waals surface area contributed by atoms with Crippen molar-refractivity contribution in [3.05, 3.63) is 0 Å². The molecule has 1 N–H and O–H groups in total. The van der Waals surface area contributed by atoms with Crippen molar-refractivity contribution in [3.63, 3.8) is 0 Å². The Bertz CT molecular complexity index is 152. The minimum atomic E-state index is -0.786. The van der Waals surface area contributed by atoms with E-state index < -0.39 is 17.8 Å². The normalized spacial score (nSPS) is 12.3. The van der Waals surface area contributed by atoms with Crippen LogP contribution in [0.15, 0.2) is 0 Å². The van der Waals surface area contributed by atoms with Crippen molar-refractivity contribution in [2.45, 2.75) is 19.4 Å². The van der Waals surface area contributed by atoms with Crippen molar-refractivity contribution < 1.29 is 14.3 Å². The predicted octanol–water partition coefficient (Wildman–Crippen LogP) is -0.274. The zero-order valence-corrected chi connectivity index (χ0v) is 7.01. The van der Waals surface area contributed by atoms with Gasteiger partial charge in [-0.05, 0) is 13.5 Å². The van der Waals surface area contributed by atoms with Crippen LogP contribution < -0.4 is 5.32 Å². The van der Waals surface area contributed by atoms with Crippen LogP contribution in [0.2, 0.25) is 0 Å². The zero-order valence-electron chi connectivity index (χ0n) is 7.01. The number of esters is 1. The van der Waals surface area contributed by atoms with Crippen LogP contribution >= 0.6 is 0 Å². The van der Waals surface area contributed by atoms with Gasteiger partial charge in [-0.25, -0.2) is 4.79 Å². The van der Waals surface area contributed by atoms with Gasteiger partial charge in [-0.2, -0.15) is 0 Å². The quantitative estimate of drug-likeness (QED) is 0.453. The maximum atomic E-state index is 11.0. The maximum absolute atomic E-state index is 11.0. The van der Waals surface area contributed by atoms with Gasteiger partial charge in [-0.1, -0.05) is 6.92 Å². The third-order valence-corrected chi connectivity index (χ3v) is 1.46. The fraction of sp³-hybridized carbons (Fsp3) is 0.714. The Hall–Kier alpha value is -0.900. The van der Waals surface area contributed by atoms with Crippen molar-refractivity contribution >= 4 is 11.8 Å². The Morgan fingerprint density at radius 3 is 2.36 bits per heavy atom. The number of likely N-dealkylation sites (N-methyl/N-ethyl adjacent to an activating group) is 1. The van der Waals surface area contributed by atoms with Crippen LogP contribution in [0.4, 0.5) is 0 Å². The van der Waals surface area contributed by atoms with E-state index in [1.807, 2.05) is 6.92 Å². The van der Waals surface area contributed by atoms with Gasteiger partial charge in [0.25, 0.3) is 5.78 Å². The van der Waals surface area contributed by atoms with Crippen molar-refractivity contribution in [1.29, 1.82) is 0 Å². The molecule has 0 aromatic carbocycles. The van der Waals surface area contributed by atoms with Crippen molar-refractivity contribution in [1.82, 2.24) is 5.32 Å². The number of methoxy groups -OCH3 is 1. The molecule has 0 aliphatic rings. The molecule has 0 spiro atoms. The number of carbonyl (C=O) groups excluding carboxylic acids is 2. The fourth-order valence-electron chi connectivity index (χ4n) is 0.763. The van der Waals surface area contributed by atoms with Gasteiger partial charge in [0.2, 0.25) is 0 Å². The summed E-state index contributed by atoms with van der Waals surface area (Å²) < 4.78 is 4.27. The molecule has 0 saturated carbocycles. The number of Topliss-reactive ketones (excluding diaryl/α,β-unsaturated/α-hetero) is 1. The molecule has 0 radical (unpaired) electrons. The molecule has 1 unspecified atom stereocenters. The highest BCUT2D eigenvalue weighted by atomic mass is 16.5. The molecular formula is C7H13NO3. The van der Waals surface area contributed by atoms with E-state index in [4.69, 9.17) is 0 Å². The smallest absolute Gasteiger partial charge is 0.376 e. The molecule has 0 amide bonds. The second-order valence-corrected chi connectivity index (χ2v) is 2.11. The first kappa shape index (κ1) is 10.1. The van der Waals surface area contributed by atoms with Gasteiger partial charge in [-0.15, -0.1) is 0 Å². The lowest BCUT2D eigenvalue weighted by Gasteiger charge is -2.09. The Morgan fingerprint density at radius 2 is 2.09 bits per heavy atom. The van der Waals surface area contributed by atoms with E-state index in [9.17, 15) is 9.59 Å². The second kappa shape index (κ2) is 4.85. The topological polar surface area (TPSA) is 55.4 Å². The molecule has 11 heavy (non-hydrogen) atoms. The summed E-state index contributed by atoms with van der Waals surface area (Å²) in [6, 6.07) is -0.414. The molecule has 0 aromatic heterocycles. The zero-order chi connectivity index (χ0) is 8.85. The Morgan fingerprint density at radius 1 is 1.55 bits per heavy atom. The van der Waals surface area contributed by atoms with Gasteiger partial charge in [0.1, 0.15) is 0 Å². The number of hydrogen-bond donors (Lipinski definition) is 1. The average Bonchev–Trinajstić information content (AvgIpc) is 2.05. The van der Waals surface area contributed by atoms with E-state index in [1.165, 1.54) is 7.11 Å². The van der Waals surface area contributed by atoms with Crippen molar-refractivity contribution in [2.24, 2.45) is 0 Å². The summed E-state index contributed by atoms with van der Waals surface area (Å²) in [6.07, 6.45) is 0.588. The van der Waals surface area contributed by atoms with Crippen LogP contribution in [0.5, 0.6) is 0 Å². The van der Waals surface area contributed by atoms with Gasteiger partial charge < -0.3 is 10.1 Å². The van der Waals surface area contributed by atoms with E-state index in [0.717, 1.165) is 0 Å². The van der Waals surface area contributed by atoms with Crippen LogP contribution in [-0.4, -0.2) is 32.0 Å². The average molecular weight is 159 g/mol. The summed E-state index contributed by atoms with van der Waals surface area (Å²) in [5, 5.41) is 2.72. The van der Waals surface area contributed by atoms with Crippen LogP contribution in [-0.2, 0) is 14.3 Å². The number of ether oxygens (including phenoxy) is 1. The van der Waals surface area contributed by atoms with Crippen molar-refractivity contribution in [2.75, 3.05) is 14.2 Å². The minimum Gasteiger partial charge on any atom is -0.463 e. The molecule has 0 fully saturated rings. The molecule has 1 atom stereocenters. The summed E-state index contributed by atoms with van der Waals surface area (Å²) in [4.78, 5) is 21.7. The third kappa shape index (κ3) is 2.67. The van der Waals surface area contributed by atoms with E-state index in [2.05, 4.69) is 10.1 Å². The van der Waals surface area contributed by atoms with Crippen LogP contribution in [0, 0.1) is 0 Å². The number of hydrogen-bond acceptors (Lipinski definition) is 4. The number of rotatable bonds is 4. The molecule has 0 aliphatic carbocycles. The summed E-state index contributed by atoms with van der Waals surface area (Å²) >= 11 is 0. The largest absolute Gasteiger partial charge is 0.463 e. The molecule has 64 valence electrons. The first-order valence-electron chi connectivity index (χ1n) is 3.46. The number of ketones is 1. The van der Waals surface area contributed by atoms with Gasteiger partial charge in [0, 0.05) is 0 Å². The molecule has 4 nitrogen and oxygen atoms in total. The molecule has 4 heteroatoms. The highest BCUT2D eigenvalue weighted by molar-refractivity contribution is 6.35. The van der Waals surface area contributed by atoms with Crippen molar-refractivity contribution in [3.8, 4) is 0 Å². The highest BCUT2D eigenvalue weighted by Gasteiger charge is 2.22. The summed E-state index contributed by atoms with van der Waals surface area (Å²) in [6.45, 7) is 1.82. The fourth-order valence-corrected chi connectivity index (χ4v) is 0.763. The van der Waals surface area contributed by atoms with Gasteiger partial charge in [0.05, 0.1) is 13.2 Å². The summed E-state index contributed by atoms with van der Waals surface area (Å²) in [5.74, 6) is -1.30. The predicted molar refractivity (Wildman–Crippen MR) is 40.2 cm³/mol. The van der Waals surface area contributed by atoms with Gasteiger partial charge in [0.15, 0.2) is 0 Å². The molecule has 0 heterocycles. The standard InChI is InChI=1S/C7H13NO3/c1-4-5(8-2)6(9)7(10)11-3/h5,8H,4H2,1-3H3. The number of carbonyl (C=O) groups is 2. The molecule has 0 aliphatic heterocycles. The monoisotopic (exact) mass is 159 g/mol. The SMILES string of the molecule is CCC(NC)C(=O)C(=O)OC. The lowest BCUT2D eigenvalue weighted by atomic mass is 10.1. The van der Waals surface area contributed by atoms with E-state index in [1.54, 1.807) is 7.05 Å². The van der Waals surface area contributed by atoms with Gasteiger partial charge >= 0.3 is 5.97 Å². The Labute approximate surface area is 65.9 Å². The third-order valence-electron chi connectivity index (χ3n) is 1.46. The van der Waals surface area contributed by atoms with Crippen LogP contribution in [0.1, 0.15) is 13.3 Å².